The molecule has 0 atom stereocenters. The van der Waals surface area contributed by atoms with E-state index in [0.717, 1.165) is 18.4 Å². The molecule has 5 nitrogen and oxygen atoms in total. The van der Waals surface area contributed by atoms with E-state index >= 15 is 0 Å². The molecule has 1 rings (SSSR count). The maximum atomic E-state index is 11.9. The summed E-state index contributed by atoms with van der Waals surface area (Å²) in [4.78, 5) is 13.4. The number of carbonyl (C=O) groups excluding carboxylic acids is 1. The highest BCUT2D eigenvalue weighted by molar-refractivity contribution is 5.91. The van der Waals surface area contributed by atoms with Gasteiger partial charge < -0.3 is 14.4 Å². The van der Waals surface area contributed by atoms with Gasteiger partial charge in [0.05, 0.1) is 26.2 Å². The van der Waals surface area contributed by atoms with Crippen LogP contribution in [0.4, 0.5) is 0 Å². The second kappa shape index (κ2) is 10.3. The van der Waals surface area contributed by atoms with Crippen molar-refractivity contribution < 1.29 is 14.3 Å². The van der Waals surface area contributed by atoms with Crippen LogP contribution in [0.15, 0.2) is 24.3 Å². The lowest BCUT2D eigenvalue weighted by atomic mass is 10.2. The Morgan fingerprint density at radius 2 is 2.17 bits per heavy atom. The van der Waals surface area contributed by atoms with E-state index in [1.165, 1.54) is 11.0 Å². The van der Waals surface area contributed by atoms with Crippen LogP contribution in [0.3, 0.4) is 0 Å². The minimum Gasteiger partial charge on any atom is -0.493 e. The number of benzene rings is 1. The standard InChI is InChI=1S/C18H24N2O3/c1-4-5-13-23-16-9-7-15(14-17(16)22-3)8-10-18(21)20(2)12-6-11-19/h7-10,14H,4-6,12-13H2,1-3H3. The van der Waals surface area contributed by atoms with Crippen LogP contribution in [0.5, 0.6) is 11.5 Å². The highest BCUT2D eigenvalue weighted by Crippen LogP contribution is 2.28. The third-order valence-corrected chi connectivity index (χ3v) is 3.30. The Balaban J connectivity index is 2.72. The van der Waals surface area contributed by atoms with Gasteiger partial charge in [0, 0.05) is 19.7 Å². The van der Waals surface area contributed by atoms with Gasteiger partial charge in [-0.25, -0.2) is 0 Å². The summed E-state index contributed by atoms with van der Waals surface area (Å²) in [6.45, 7) is 3.19. The Labute approximate surface area is 138 Å². The second-order valence-electron chi connectivity index (χ2n) is 5.11. The Bertz CT molecular complexity index is 576. The van der Waals surface area contributed by atoms with Crippen LogP contribution in [-0.4, -0.2) is 38.1 Å². The molecule has 23 heavy (non-hydrogen) atoms. The zero-order valence-electron chi connectivity index (χ0n) is 14.0. The fourth-order valence-corrected chi connectivity index (χ4v) is 1.86. The molecule has 0 aromatic heterocycles. The van der Waals surface area contributed by atoms with Crippen LogP contribution in [0.1, 0.15) is 31.7 Å². The van der Waals surface area contributed by atoms with Crippen LogP contribution in [0.2, 0.25) is 0 Å². The first-order valence-electron chi connectivity index (χ1n) is 7.73. The first-order valence-corrected chi connectivity index (χ1v) is 7.73. The molecule has 0 spiro atoms. The number of nitrogens with zero attached hydrogens (tertiary/aromatic N) is 2. The molecule has 0 saturated heterocycles. The Hall–Kier alpha value is -2.48. The smallest absolute Gasteiger partial charge is 0.246 e. The zero-order chi connectivity index (χ0) is 17.1. The number of rotatable bonds is 9. The predicted molar refractivity (Wildman–Crippen MR) is 90.3 cm³/mol. The van der Waals surface area contributed by atoms with Crippen molar-refractivity contribution >= 4 is 12.0 Å². The van der Waals surface area contributed by atoms with Gasteiger partial charge in [0.1, 0.15) is 0 Å². The van der Waals surface area contributed by atoms with E-state index in [-0.39, 0.29) is 5.91 Å². The zero-order valence-corrected chi connectivity index (χ0v) is 14.0. The first-order chi connectivity index (χ1) is 11.1. The van der Waals surface area contributed by atoms with E-state index in [2.05, 4.69) is 6.92 Å². The van der Waals surface area contributed by atoms with Crippen molar-refractivity contribution in [2.24, 2.45) is 0 Å². The fourth-order valence-electron chi connectivity index (χ4n) is 1.86. The van der Waals surface area contributed by atoms with Crippen molar-refractivity contribution in [1.82, 2.24) is 4.90 Å². The van der Waals surface area contributed by atoms with Crippen molar-refractivity contribution in [3.63, 3.8) is 0 Å². The van der Waals surface area contributed by atoms with E-state index in [4.69, 9.17) is 14.7 Å². The molecule has 0 aliphatic carbocycles. The van der Waals surface area contributed by atoms with Gasteiger partial charge in [0.2, 0.25) is 5.91 Å². The van der Waals surface area contributed by atoms with Crippen LogP contribution in [0, 0.1) is 11.3 Å². The molecule has 124 valence electrons. The van der Waals surface area contributed by atoms with E-state index in [0.29, 0.717) is 31.1 Å². The molecule has 1 amide bonds. The summed E-state index contributed by atoms with van der Waals surface area (Å²) in [6.07, 6.45) is 5.61. The molecule has 0 saturated carbocycles. The molecule has 0 aliphatic rings. The highest BCUT2D eigenvalue weighted by atomic mass is 16.5. The normalized spacial score (nSPS) is 10.3. The summed E-state index contributed by atoms with van der Waals surface area (Å²) in [6, 6.07) is 7.58. The van der Waals surface area contributed by atoms with E-state index < -0.39 is 0 Å². The van der Waals surface area contributed by atoms with Crippen LogP contribution < -0.4 is 9.47 Å². The van der Waals surface area contributed by atoms with Crippen molar-refractivity contribution in [3.8, 4) is 17.6 Å². The summed E-state index contributed by atoms with van der Waals surface area (Å²) < 4.78 is 11.0. The van der Waals surface area contributed by atoms with E-state index in [1.807, 2.05) is 24.3 Å². The number of hydrogen-bond acceptors (Lipinski definition) is 4. The maximum absolute atomic E-state index is 11.9. The molecule has 5 heteroatoms. The number of nitriles is 1. The number of ether oxygens (including phenoxy) is 2. The summed E-state index contributed by atoms with van der Waals surface area (Å²) >= 11 is 0. The van der Waals surface area contributed by atoms with E-state index in [1.54, 1.807) is 20.2 Å². The quantitative estimate of drug-likeness (QED) is 0.518. The molecule has 0 unspecified atom stereocenters. The average Bonchev–Trinajstić information content (AvgIpc) is 2.58. The average molecular weight is 316 g/mol. The topological polar surface area (TPSA) is 62.6 Å². The number of likely N-dealkylation sites (N-methyl/N-ethyl adjacent to an activating group) is 1. The number of methoxy groups -OCH3 is 1. The number of carbonyl (C=O) groups is 1. The molecule has 0 bridgehead atoms. The van der Waals surface area contributed by atoms with Crippen LogP contribution in [-0.2, 0) is 4.79 Å². The molecular formula is C18H24N2O3. The summed E-state index contributed by atoms with van der Waals surface area (Å²) in [5.41, 5.74) is 0.853. The summed E-state index contributed by atoms with van der Waals surface area (Å²) in [5, 5.41) is 8.53. The molecule has 0 heterocycles. The predicted octanol–water partition coefficient (Wildman–Crippen LogP) is 3.26. The molecule has 0 aliphatic heterocycles. The van der Waals surface area contributed by atoms with Gasteiger partial charge in [0.15, 0.2) is 11.5 Å². The van der Waals surface area contributed by atoms with Gasteiger partial charge in [-0.1, -0.05) is 19.4 Å². The first kappa shape index (κ1) is 18.6. The van der Waals surface area contributed by atoms with Crippen molar-refractivity contribution in [2.75, 3.05) is 27.3 Å². The van der Waals surface area contributed by atoms with Gasteiger partial charge in [-0.2, -0.15) is 5.26 Å². The summed E-state index contributed by atoms with van der Waals surface area (Å²) in [7, 11) is 3.27. The molecule has 0 radical (unpaired) electrons. The lowest BCUT2D eigenvalue weighted by Gasteiger charge is -2.13. The Morgan fingerprint density at radius 1 is 1.39 bits per heavy atom. The van der Waals surface area contributed by atoms with Crippen molar-refractivity contribution in [1.29, 1.82) is 5.26 Å². The molecule has 0 N–H and O–H groups in total. The molecule has 0 fully saturated rings. The number of amides is 1. The van der Waals surface area contributed by atoms with Crippen molar-refractivity contribution in [3.05, 3.63) is 29.8 Å². The van der Waals surface area contributed by atoms with Crippen molar-refractivity contribution in [2.45, 2.75) is 26.2 Å². The molecule has 1 aromatic carbocycles. The minimum atomic E-state index is -0.137. The lowest BCUT2D eigenvalue weighted by Crippen LogP contribution is -2.25. The van der Waals surface area contributed by atoms with Gasteiger partial charge in [-0.15, -0.1) is 0 Å². The highest BCUT2D eigenvalue weighted by Gasteiger charge is 2.06. The van der Waals surface area contributed by atoms with Crippen LogP contribution in [0.25, 0.3) is 6.08 Å². The van der Waals surface area contributed by atoms with Gasteiger partial charge in [-0.3, -0.25) is 4.79 Å². The number of hydrogen-bond donors (Lipinski definition) is 0. The number of unbranched alkanes of at least 4 members (excludes halogenated alkanes) is 1. The Morgan fingerprint density at radius 3 is 2.83 bits per heavy atom. The second-order valence-corrected chi connectivity index (χ2v) is 5.11. The van der Waals surface area contributed by atoms with E-state index in [9.17, 15) is 4.79 Å². The van der Waals surface area contributed by atoms with Gasteiger partial charge in [-0.05, 0) is 30.2 Å². The fraction of sp³-hybridized carbons (Fsp3) is 0.444. The van der Waals surface area contributed by atoms with Gasteiger partial charge >= 0.3 is 0 Å². The molecule has 1 aromatic rings. The third-order valence-electron chi connectivity index (χ3n) is 3.30. The maximum Gasteiger partial charge on any atom is 0.246 e. The summed E-state index contributed by atoms with van der Waals surface area (Å²) in [5.74, 6) is 1.21. The lowest BCUT2D eigenvalue weighted by molar-refractivity contribution is -0.124. The molecular weight excluding hydrogens is 292 g/mol. The third kappa shape index (κ3) is 6.43. The monoisotopic (exact) mass is 316 g/mol. The SMILES string of the molecule is CCCCOc1ccc(C=CC(=O)N(C)CCC#N)cc1OC. The van der Waals surface area contributed by atoms with Gasteiger partial charge in [0.25, 0.3) is 0 Å². The minimum absolute atomic E-state index is 0.137. The largest absolute Gasteiger partial charge is 0.493 e. The van der Waals surface area contributed by atoms with Crippen LogP contribution >= 0.6 is 0 Å². The Kier molecular flexibility index (Phi) is 8.30.